The van der Waals surface area contributed by atoms with Gasteiger partial charge in [0.1, 0.15) is 6.07 Å². The quantitative estimate of drug-likeness (QED) is 0.179. The van der Waals surface area contributed by atoms with Crippen molar-refractivity contribution in [2.24, 2.45) is 0 Å². The molecular weight excluding hydrogens is 605 g/mol. The van der Waals surface area contributed by atoms with Gasteiger partial charge in [0.05, 0.1) is 51.1 Å². The van der Waals surface area contributed by atoms with Gasteiger partial charge < -0.3 is 9.13 Å². The molecule has 0 unspecified atom stereocenters. The van der Waals surface area contributed by atoms with E-state index in [2.05, 4.69) is 23.0 Å². The molecule has 0 aliphatic rings. The molecular formula is C41H25F3N4. The van der Waals surface area contributed by atoms with E-state index >= 15 is 0 Å². The molecule has 2 aromatic heterocycles. The standard InChI is InChI=1S/C41H25F3N4/c1-24-15-17-36-29(19-24)27-9-4-6-13-34(27)47(36)38-22-31(40-32(41(42,43)44)11-8-12-33(40)46-3)39(21-26(38)23-45)48-35-14-7-5-10-28(35)30-20-25(2)16-18-37(30)48/h4-22H,1-2H3. The third-order valence-electron chi connectivity index (χ3n) is 9.11. The summed E-state index contributed by atoms with van der Waals surface area (Å²) in [4.78, 5) is 3.59. The Morgan fingerprint density at radius 2 is 1.17 bits per heavy atom. The van der Waals surface area contributed by atoms with E-state index in [0.29, 0.717) is 11.4 Å². The summed E-state index contributed by atoms with van der Waals surface area (Å²) in [6.45, 7) is 12.0. The lowest BCUT2D eigenvalue weighted by Crippen LogP contribution is -2.09. The number of aryl methyl sites for hydroxylation is 2. The minimum atomic E-state index is -4.75. The zero-order valence-electron chi connectivity index (χ0n) is 25.9. The van der Waals surface area contributed by atoms with Crippen LogP contribution in [0.15, 0.2) is 115 Å². The van der Waals surface area contributed by atoms with Gasteiger partial charge in [-0.15, -0.1) is 0 Å². The van der Waals surface area contributed by atoms with E-state index in [9.17, 15) is 18.4 Å². The Hall–Kier alpha value is -6.31. The Morgan fingerprint density at radius 3 is 1.71 bits per heavy atom. The lowest BCUT2D eigenvalue weighted by Gasteiger charge is -2.22. The normalized spacial score (nSPS) is 11.8. The van der Waals surface area contributed by atoms with E-state index in [1.54, 1.807) is 12.1 Å². The average molecular weight is 631 g/mol. The summed E-state index contributed by atoms with van der Waals surface area (Å²) >= 11 is 0. The van der Waals surface area contributed by atoms with Gasteiger partial charge in [-0.05, 0) is 67.9 Å². The van der Waals surface area contributed by atoms with Crippen molar-refractivity contribution in [1.82, 2.24) is 9.13 Å². The van der Waals surface area contributed by atoms with E-state index in [0.717, 1.165) is 60.8 Å². The van der Waals surface area contributed by atoms with Crippen LogP contribution in [0.2, 0.25) is 0 Å². The van der Waals surface area contributed by atoms with Crippen LogP contribution in [-0.4, -0.2) is 9.13 Å². The summed E-state index contributed by atoms with van der Waals surface area (Å²) in [7, 11) is 0. The third-order valence-corrected chi connectivity index (χ3v) is 9.11. The summed E-state index contributed by atoms with van der Waals surface area (Å²) < 4.78 is 48.5. The second-order valence-corrected chi connectivity index (χ2v) is 12.1. The molecule has 0 atom stereocenters. The van der Waals surface area contributed by atoms with Gasteiger partial charge in [-0.2, -0.15) is 18.4 Å². The van der Waals surface area contributed by atoms with Crippen molar-refractivity contribution in [3.63, 3.8) is 0 Å². The predicted molar refractivity (Wildman–Crippen MR) is 186 cm³/mol. The molecule has 8 rings (SSSR count). The van der Waals surface area contributed by atoms with Gasteiger partial charge in [-0.1, -0.05) is 77.9 Å². The molecule has 0 amide bonds. The summed E-state index contributed by atoms with van der Waals surface area (Å²) in [5, 5.41) is 14.5. The molecule has 0 saturated heterocycles. The van der Waals surface area contributed by atoms with Gasteiger partial charge in [0.25, 0.3) is 0 Å². The minimum absolute atomic E-state index is 0.129. The van der Waals surface area contributed by atoms with E-state index in [1.807, 2.05) is 95.8 Å². The van der Waals surface area contributed by atoms with Crippen molar-refractivity contribution in [3.8, 4) is 28.6 Å². The third kappa shape index (κ3) is 4.29. The van der Waals surface area contributed by atoms with E-state index < -0.39 is 11.7 Å². The largest absolute Gasteiger partial charge is 0.415 e. The molecule has 2 heterocycles. The zero-order valence-corrected chi connectivity index (χ0v) is 25.9. The zero-order chi connectivity index (χ0) is 33.3. The lowest BCUT2D eigenvalue weighted by molar-refractivity contribution is -0.137. The highest BCUT2D eigenvalue weighted by Gasteiger charge is 2.36. The topological polar surface area (TPSA) is 38.0 Å². The summed E-state index contributed by atoms with van der Waals surface area (Å²) in [5.74, 6) is 0. The average Bonchev–Trinajstić information content (AvgIpc) is 3.59. The highest BCUT2D eigenvalue weighted by molar-refractivity contribution is 6.11. The highest BCUT2D eigenvalue weighted by atomic mass is 19.4. The first-order valence-electron chi connectivity index (χ1n) is 15.4. The van der Waals surface area contributed by atoms with Gasteiger partial charge in [-0.3, -0.25) is 0 Å². The van der Waals surface area contributed by atoms with Crippen LogP contribution in [0.5, 0.6) is 0 Å². The van der Waals surface area contributed by atoms with Crippen LogP contribution in [-0.2, 0) is 6.18 Å². The number of nitrogens with zero attached hydrogens (tertiary/aromatic N) is 4. The molecule has 230 valence electrons. The van der Waals surface area contributed by atoms with Crippen LogP contribution in [0.25, 0.3) is 71.0 Å². The maximum Gasteiger partial charge on any atom is 0.415 e. The van der Waals surface area contributed by atoms with Crippen LogP contribution in [0.1, 0.15) is 22.3 Å². The molecule has 7 heteroatoms. The van der Waals surface area contributed by atoms with Crippen LogP contribution in [0, 0.1) is 31.8 Å². The Bertz CT molecular complexity index is 2710. The minimum Gasteiger partial charge on any atom is -0.309 e. The van der Waals surface area contributed by atoms with Gasteiger partial charge in [-0.25, -0.2) is 4.85 Å². The number of hydrogen-bond acceptors (Lipinski definition) is 1. The van der Waals surface area contributed by atoms with E-state index in [1.165, 1.54) is 12.1 Å². The van der Waals surface area contributed by atoms with Crippen molar-refractivity contribution in [1.29, 1.82) is 5.26 Å². The number of benzene rings is 6. The maximum atomic E-state index is 14.9. The fraction of sp³-hybridized carbons (Fsp3) is 0.0732. The van der Waals surface area contributed by atoms with Crippen molar-refractivity contribution in [2.75, 3.05) is 0 Å². The van der Waals surface area contributed by atoms with Gasteiger partial charge >= 0.3 is 6.18 Å². The lowest BCUT2D eigenvalue weighted by atomic mass is 9.93. The summed E-state index contributed by atoms with van der Waals surface area (Å²) in [6.07, 6.45) is -4.75. The number of halogens is 3. The number of para-hydroxylation sites is 2. The van der Waals surface area contributed by atoms with Crippen molar-refractivity contribution in [3.05, 3.63) is 149 Å². The first kappa shape index (κ1) is 29.1. The van der Waals surface area contributed by atoms with Crippen LogP contribution in [0.4, 0.5) is 18.9 Å². The second kappa shape index (κ2) is 10.6. The summed E-state index contributed by atoms with van der Waals surface area (Å²) in [6, 6.07) is 36.9. The fourth-order valence-corrected chi connectivity index (χ4v) is 7.08. The molecule has 0 spiro atoms. The number of rotatable bonds is 3. The van der Waals surface area contributed by atoms with E-state index in [4.69, 9.17) is 6.57 Å². The molecule has 6 aromatic carbocycles. The Labute approximate surface area is 273 Å². The van der Waals surface area contributed by atoms with Crippen molar-refractivity contribution in [2.45, 2.75) is 20.0 Å². The number of aromatic nitrogens is 2. The van der Waals surface area contributed by atoms with Gasteiger partial charge in [0.15, 0.2) is 5.69 Å². The first-order valence-corrected chi connectivity index (χ1v) is 15.4. The molecule has 0 aliphatic carbocycles. The Morgan fingerprint density at radius 1 is 0.625 bits per heavy atom. The van der Waals surface area contributed by atoms with Crippen LogP contribution in [0.3, 0.4) is 0 Å². The van der Waals surface area contributed by atoms with Crippen LogP contribution < -0.4 is 0 Å². The molecule has 8 aromatic rings. The molecule has 48 heavy (non-hydrogen) atoms. The second-order valence-electron chi connectivity index (χ2n) is 12.1. The van der Waals surface area contributed by atoms with Crippen LogP contribution >= 0.6 is 0 Å². The SMILES string of the molecule is [C-]#[N+]c1cccc(C(F)(F)F)c1-c1cc(-n2c3ccccc3c3cc(C)ccc32)c(C#N)cc1-n1c2ccccc2c2cc(C)ccc21. The first-order chi connectivity index (χ1) is 23.2. The molecule has 4 nitrogen and oxygen atoms in total. The Balaban J connectivity index is 1.59. The maximum absolute atomic E-state index is 14.9. The van der Waals surface area contributed by atoms with Gasteiger partial charge in [0.2, 0.25) is 0 Å². The number of hydrogen-bond donors (Lipinski definition) is 0. The van der Waals surface area contributed by atoms with Gasteiger partial charge in [0, 0.05) is 27.1 Å². The molecule has 0 radical (unpaired) electrons. The molecule has 0 bridgehead atoms. The smallest absolute Gasteiger partial charge is 0.309 e. The molecule has 0 N–H and O–H groups in total. The number of nitriles is 1. The predicted octanol–water partition coefficient (Wildman–Crippen LogP) is 11.6. The van der Waals surface area contributed by atoms with E-state index in [-0.39, 0.29) is 22.4 Å². The monoisotopic (exact) mass is 630 g/mol. The molecule has 0 fully saturated rings. The molecule has 0 aliphatic heterocycles. The molecule has 0 saturated carbocycles. The number of fused-ring (bicyclic) bond motifs is 6. The highest BCUT2D eigenvalue weighted by Crippen LogP contribution is 2.47. The van der Waals surface area contributed by atoms with Crippen molar-refractivity contribution < 1.29 is 13.2 Å². The fourth-order valence-electron chi connectivity index (χ4n) is 7.08. The Kier molecular flexibility index (Phi) is 6.44. The van der Waals surface area contributed by atoms with Crippen molar-refractivity contribution >= 4 is 49.3 Å². The number of alkyl halides is 3. The summed E-state index contributed by atoms with van der Waals surface area (Å²) in [5.41, 5.74) is 5.30.